The van der Waals surface area contributed by atoms with Gasteiger partial charge in [0, 0.05) is 17.6 Å². The van der Waals surface area contributed by atoms with Crippen LogP contribution in [0, 0.1) is 12.7 Å². The molecule has 0 amide bonds. The number of allylic oxidation sites excluding steroid dienone is 3. The summed E-state index contributed by atoms with van der Waals surface area (Å²) in [6.45, 7) is 12.6. The van der Waals surface area contributed by atoms with Gasteiger partial charge in [-0.15, -0.1) is 10.2 Å². The SMILES string of the molecule is C=CC1=C(C(=C)C)CCCN1c1nc2nnc(C)n2c2c(F)cccc12. The van der Waals surface area contributed by atoms with Crippen LogP contribution >= 0.6 is 0 Å². The van der Waals surface area contributed by atoms with E-state index in [0.717, 1.165) is 41.6 Å². The summed E-state index contributed by atoms with van der Waals surface area (Å²) in [7, 11) is 0. The average Bonchev–Trinajstić information content (AvgIpc) is 3.01. The summed E-state index contributed by atoms with van der Waals surface area (Å²) in [5, 5.41) is 8.92. The van der Waals surface area contributed by atoms with E-state index >= 15 is 0 Å². The first-order valence-electron chi connectivity index (χ1n) is 8.62. The topological polar surface area (TPSA) is 46.3 Å². The standard InChI is InChI=1S/C20H20FN5/c1-5-17-14(12(2)3)9-7-11-25(17)19-15-8-6-10-16(21)18(15)26-13(4)23-24-20(26)22-19/h5-6,8,10H,1-2,7,9,11H2,3-4H3. The van der Waals surface area contributed by atoms with Gasteiger partial charge in [-0.3, -0.25) is 4.40 Å². The van der Waals surface area contributed by atoms with E-state index in [-0.39, 0.29) is 5.82 Å². The Balaban J connectivity index is 2.08. The molecule has 0 atom stereocenters. The lowest BCUT2D eigenvalue weighted by Crippen LogP contribution is -2.29. The fourth-order valence-corrected chi connectivity index (χ4v) is 3.68. The molecular formula is C20H20FN5. The number of hydrogen-bond acceptors (Lipinski definition) is 4. The third-order valence-electron chi connectivity index (χ3n) is 4.84. The van der Waals surface area contributed by atoms with Crippen LogP contribution in [-0.2, 0) is 0 Å². The Labute approximate surface area is 151 Å². The zero-order valence-electron chi connectivity index (χ0n) is 15.0. The van der Waals surface area contributed by atoms with E-state index in [1.54, 1.807) is 17.4 Å². The molecule has 0 radical (unpaired) electrons. The van der Waals surface area contributed by atoms with Crippen LogP contribution in [0.4, 0.5) is 10.2 Å². The summed E-state index contributed by atoms with van der Waals surface area (Å²) in [6.07, 6.45) is 3.75. The van der Waals surface area contributed by atoms with Gasteiger partial charge in [-0.25, -0.2) is 4.39 Å². The van der Waals surface area contributed by atoms with Gasteiger partial charge in [-0.05, 0) is 50.5 Å². The second kappa shape index (κ2) is 6.05. The van der Waals surface area contributed by atoms with E-state index in [2.05, 4.69) is 28.3 Å². The predicted octanol–water partition coefficient (Wildman–Crippen LogP) is 4.34. The maximum Gasteiger partial charge on any atom is 0.257 e. The molecule has 0 fully saturated rings. The number of hydrogen-bond donors (Lipinski definition) is 0. The first kappa shape index (κ1) is 16.4. The number of fused-ring (bicyclic) bond motifs is 3. The molecule has 0 bridgehead atoms. The molecule has 0 aliphatic carbocycles. The molecular weight excluding hydrogens is 329 g/mol. The molecule has 0 N–H and O–H groups in total. The minimum Gasteiger partial charge on any atom is -0.325 e. The van der Waals surface area contributed by atoms with Gasteiger partial charge in [0.1, 0.15) is 17.5 Å². The van der Waals surface area contributed by atoms with Crippen molar-refractivity contribution in [3.8, 4) is 0 Å². The second-order valence-corrected chi connectivity index (χ2v) is 6.56. The molecule has 5 nitrogen and oxygen atoms in total. The number of rotatable bonds is 3. The monoisotopic (exact) mass is 349 g/mol. The highest BCUT2D eigenvalue weighted by molar-refractivity contribution is 5.93. The third kappa shape index (κ3) is 2.33. The largest absolute Gasteiger partial charge is 0.325 e. The molecule has 26 heavy (non-hydrogen) atoms. The lowest BCUT2D eigenvalue weighted by molar-refractivity contribution is 0.634. The minimum atomic E-state index is -0.319. The number of anilines is 1. The van der Waals surface area contributed by atoms with Gasteiger partial charge < -0.3 is 4.90 Å². The van der Waals surface area contributed by atoms with Crippen LogP contribution in [0.3, 0.4) is 0 Å². The summed E-state index contributed by atoms with van der Waals surface area (Å²) in [5.74, 6) is 1.35. The van der Waals surface area contributed by atoms with Gasteiger partial charge in [-0.1, -0.05) is 24.8 Å². The van der Waals surface area contributed by atoms with Crippen LogP contribution in [0.1, 0.15) is 25.6 Å². The normalized spacial score (nSPS) is 15.1. The van der Waals surface area contributed by atoms with Crippen molar-refractivity contribution in [3.05, 3.63) is 65.9 Å². The number of halogens is 1. The van der Waals surface area contributed by atoms with Crippen molar-refractivity contribution in [3.63, 3.8) is 0 Å². The van der Waals surface area contributed by atoms with Gasteiger partial charge in [-0.2, -0.15) is 4.98 Å². The quantitative estimate of drug-likeness (QED) is 0.706. The van der Waals surface area contributed by atoms with Gasteiger partial charge >= 0.3 is 0 Å². The highest BCUT2D eigenvalue weighted by atomic mass is 19.1. The maximum atomic E-state index is 14.7. The van der Waals surface area contributed by atoms with Crippen LogP contribution in [0.5, 0.6) is 0 Å². The van der Waals surface area contributed by atoms with E-state index in [4.69, 9.17) is 4.98 Å². The molecule has 4 rings (SSSR count). The molecule has 2 aromatic heterocycles. The lowest BCUT2D eigenvalue weighted by atomic mass is 9.96. The van der Waals surface area contributed by atoms with E-state index < -0.39 is 0 Å². The minimum absolute atomic E-state index is 0.319. The van der Waals surface area contributed by atoms with Crippen LogP contribution in [-0.4, -0.2) is 26.1 Å². The first-order chi connectivity index (χ1) is 12.5. The Hall–Kier alpha value is -3.02. The van der Waals surface area contributed by atoms with E-state index in [9.17, 15) is 4.39 Å². The van der Waals surface area contributed by atoms with Crippen molar-refractivity contribution >= 4 is 22.5 Å². The van der Waals surface area contributed by atoms with Crippen LogP contribution in [0.2, 0.25) is 0 Å². The van der Waals surface area contributed by atoms with E-state index in [1.807, 2.05) is 19.1 Å². The van der Waals surface area contributed by atoms with Crippen molar-refractivity contribution in [2.45, 2.75) is 26.7 Å². The zero-order valence-corrected chi connectivity index (χ0v) is 15.0. The summed E-state index contributed by atoms with van der Waals surface area (Å²) in [4.78, 5) is 6.81. The molecule has 1 aliphatic rings. The highest BCUT2D eigenvalue weighted by Crippen LogP contribution is 2.35. The average molecular weight is 349 g/mol. The molecule has 3 heterocycles. The molecule has 1 aliphatic heterocycles. The Morgan fingerprint density at radius 2 is 2.12 bits per heavy atom. The zero-order chi connectivity index (χ0) is 18.4. The Morgan fingerprint density at radius 3 is 2.85 bits per heavy atom. The molecule has 1 aromatic carbocycles. The summed E-state index contributed by atoms with van der Waals surface area (Å²) in [6, 6.07) is 5.04. The number of aryl methyl sites for hydroxylation is 1. The molecule has 0 saturated heterocycles. The van der Waals surface area contributed by atoms with Crippen LogP contribution < -0.4 is 4.90 Å². The fraction of sp³-hybridized carbons (Fsp3) is 0.250. The van der Waals surface area contributed by atoms with Crippen molar-refractivity contribution in [1.82, 2.24) is 19.6 Å². The maximum absolute atomic E-state index is 14.7. The molecule has 132 valence electrons. The second-order valence-electron chi connectivity index (χ2n) is 6.56. The highest BCUT2D eigenvalue weighted by Gasteiger charge is 2.25. The molecule has 6 heteroatoms. The Bertz CT molecular complexity index is 1090. The van der Waals surface area contributed by atoms with Gasteiger partial charge in [0.25, 0.3) is 5.78 Å². The smallest absolute Gasteiger partial charge is 0.257 e. The van der Waals surface area contributed by atoms with Crippen molar-refractivity contribution in [2.24, 2.45) is 0 Å². The third-order valence-corrected chi connectivity index (χ3v) is 4.84. The van der Waals surface area contributed by atoms with Crippen LogP contribution in [0.25, 0.3) is 16.7 Å². The van der Waals surface area contributed by atoms with E-state index in [0.29, 0.717) is 22.9 Å². The summed E-state index contributed by atoms with van der Waals surface area (Å²) < 4.78 is 16.4. The number of nitrogens with zero attached hydrogens (tertiary/aromatic N) is 5. The van der Waals surface area contributed by atoms with Crippen LogP contribution in [0.15, 0.2) is 54.3 Å². The first-order valence-corrected chi connectivity index (χ1v) is 8.62. The fourth-order valence-electron chi connectivity index (χ4n) is 3.68. The van der Waals surface area contributed by atoms with Gasteiger partial charge in [0.15, 0.2) is 0 Å². The Morgan fingerprint density at radius 1 is 1.31 bits per heavy atom. The molecule has 0 unspecified atom stereocenters. The van der Waals surface area contributed by atoms with Crippen molar-refractivity contribution in [1.29, 1.82) is 0 Å². The van der Waals surface area contributed by atoms with E-state index in [1.165, 1.54) is 6.07 Å². The Kier molecular flexibility index (Phi) is 3.83. The molecule has 3 aromatic rings. The van der Waals surface area contributed by atoms with Crippen molar-refractivity contribution < 1.29 is 4.39 Å². The number of para-hydroxylation sites is 1. The lowest BCUT2D eigenvalue weighted by Gasteiger charge is -2.32. The van der Waals surface area contributed by atoms with Crippen molar-refractivity contribution in [2.75, 3.05) is 11.4 Å². The molecule has 0 saturated carbocycles. The van der Waals surface area contributed by atoms with Gasteiger partial charge in [0.05, 0.1) is 5.52 Å². The molecule has 0 spiro atoms. The summed E-state index contributed by atoms with van der Waals surface area (Å²) >= 11 is 0. The predicted molar refractivity (Wildman–Crippen MR) is 102 cm³/mol. The summed E-state index contributed by atoms with van der Waals surface area (Å²) in [5.41, 5.74) is 3.60. The number of aromatic nitrogens is 4. The number of benzene rings is 1. The van der Waals surface area contributed by atoms with Gasteiger partial charge in [0.2, 0.25) is 0 Å².